The zero-order valence-electron chi connectivity index (χ0n) is 9.11. The Balaban J connectivity index is 2.24. The van der Waals surface area contributed by atoms with E-state index in [4.69, 9.17) is 5.11 Å². The van der Waals surface area contributed by atoms with Crippen molar-refractivity contribution in [3.8, 4) is 0 Å². The maximum atomic E-state index is 9.01. The number of aliphatic hydroxyl groups excluding tert-OH is 1. The van der Waals surface area contributed by atoms with Crippen LogP contribution in [0.2, 0.25) is 0 Å². The molecule has 1 aromatic rings. The summed E-state index contributed by atoms with van der Waals surface area (Å²) in [6.45, 7) is 4.08. The molecule has 0 radical (unpaired) electrons. The number of aliphatic hydroxyl groups is 1. The highest BCUT2D eigenvalue weighted by atomic mass is 16.3. The Morgan fingerprint density at radius 2 is 2.07 bits per heavy atom. The summed E-state index contributed by atoms with van der Waals surface area (Å²) >= 11 is 0. The Labute approximate surface area is 90.0 Å². The van der Waals surface area contributed by atoms with Gasteiger partial charge in [0.15, 0.2) is 5.82 Å². The molecule has 1 aromatic heterocycles. The van der Waals surface area contributed by atoms with Gasteiger partial charge in [-0.15, -0.1) is 0 Å². The second-order valence-electron chi connectivity index (χ2n) is 4.00. The van der Waals surface area contributed by atoms with E-state index >= 15 is 0 Å². The fourth-order valence-corrected chi connectivity index (χ4v) is 1.97. The molecule has 0 spiro atoms. The van der Waals surface area contributed by atoms with Gasteiger partial charge in [0.1, 0.15) is 12.4 Å². The quantitative estimate of drug-likeness (QED) is 0.793. The summed E-state index contributed by atoms with van der Waals surface area (Å²) in [4.78, 5) is 10.7. The van der Waals surface area contributed by atoms with Gasteiger partial charge in [-0.2, -0.15) is 0 Å². The van der Waals surface area contributed by atoms with Crippen LogP contribution in [0.1, 0.15) is 30.7 Å². The number of nitrogens with zero attached hydrogens (tertiary/aromatic N) is 3. The van der Waals surface area contributed by atoms with Gasteiger partial charge in [-0.3, -0.25) is 0 Å². The average molecular weight is 207 g/mol. The van der Waals surface area contributed by atoms with Crippen LogP contribution in [-0.2, 0) is 6.61 Å². The third-order valence-corrected chi connectivity index (χ3v) is 2.79. The molecular formula is C11H17N3O. The summed E-state index contributed by atoms with van der Waals surface area (Å²) in [7, 11) is 0. The van der Waals surface area contributed by atoms with Gasteiger partial charge in [0.05, 0.1) is 0 Å². The van der Waals surface area contributed by atoms with Crippen molar-refractivity contribution in [3.05, 3.63) is 17.6 Å². The van der Waals surface area contributed by atoms with E-state index in [9.17, 15) is 0 Å². The summed E-state index contributed by atoms with van der Waals surface area (Å²) in [6.07, 6.45) is 5.58. The van der Waals surface area contributed by atoms with Crippen LogP contribution in [0.25, 0.3) is 0 Å². The maximum Gasteiger partial charge on any atom is 0.156 e. The third-order valence-electron chi connectivity index (χ3n) is 2.79. The highest BCUT2D eigenvalue weighted by Gasteiger charge is 2.14. The second kappa shape index (κ2) is 4.57. The lowest BCUT2D eigenvalue weighted by atomic mass is 10.1. The number of hydrogen-bond acceptors (Lipinski definition) is 4. The first-order chi connectivity index (χ1) is 7.31. The van der Waals surface area contributed by atoms with Gasteiger partial charge in [0.2, 0.25) is 0 Å². The van der Waals surface area contributed by atoms with Crippen LogP contribution in [0, 0.1) is 6.92 Å². The molecule has 1 saturated heterocycles. The smallest absolute Gasteiger partial charge is 0.156 e. The SMILES string of the molecule is Cc1cnc(CO)nc1N1CCCCC1. The van der Waals surface area contributed by atoms with Crippen molar-refractivity contribution in [3.63, 3.8) is 0 Å². The maximum absolute atomic E-state index is 9.01. The number of hydrogen-bond donors (Lipinski definition) is 1. The van der Waals surface area contributed by atoms with Crippen LogP contribution < -0.4 is 4.90 Å². The molecule has 82 valence electrons. The number of rotatable bonds is 2. The van der Waals surface area contributed by atoms with E-state index in [-0.39, 0.29) is 6.61 Å². The molecule has 1 N–H and O–H groups in total. The van der Waals surface area contributed by atoms with Gasteiger partial charge in [-0.1, -0.05) is 0 Å². The first-order valence-electron chi connectivity index (χ1n) is 5.49. The van der Waals surface area contributed by atoms with Crippen LogP contribution in [-0.4, -0.2) is 28.2 Å². The molecule has 4 heteroatoms. The van der Waals surface area contributed by atoms with E-state index in [0.29, 0.717) is 5.82 Å². The molecule has 1 aliphatic heterocycles. The number of anilines is 1. The summed E-state index contributed by atoms with van der Waals surface area (Å²) in [5, 5.41) is 9.01. The zero-order valence-corrected chi connectivity index (χ0v) is 9.11. The molecule has 0 atom stereocenters. The molecule has 1 fully saturated rings. The molecule has 0 bridgehead atoms. The lowest BCUT2D eigenvalue weighted by molar-refractivity contribution is 0.271. The molecule has 2 rings (SSSR count). The Bertz CT molecular complexity index is 335. The van der Waals surface area contributed by atoms with Gasteiger partial charge in [0, 0.05) is 24.8 Å². The van der Waals surface area contributed by atoms with Crippen LogP contribution in [0.5, 0.6) is 0 Å². The van der Waals surface area contributed by atoms with Crippen LogP contribution in [0.4, 0.5) is 5.82 Å². The van der Waals surface area contributed by atoms with Gasteiger partial charge in [-0.05, 0) is 26.2 Å². The number of aryl methyl sites for hydroxylation is 1. The van der Waals surface area contributed by atoms with Crippen molar-refractivity contribution in [1.29, 1.82) is 0 Å². The topological polar surface area (TPSA) is 49.3 Å². The highest BCUT2D eigenvalue weighted by Crippen LogP contribution is 2.20. The standard InChI is InChI=1S/C11H17N3O/c1-9-7-12-10(8-15)13-11(9)14-5-3-2-4-6-14/h7,15H,2-6,8H2,1H3. The molecule has 0 saturated carbocycles. The van der Waals surface area contributed by atoms with Crippen LogP contribution in [0.15, 0.2) is 6.20 Å². The normalized spacial score (nSPS) is 16.8. The Morgan fingerprint density at radius 3 is 2.73 bits per heavy atom. The summed E-state index contributed by atoms with van der Waals surface area (Å²) < 4.78 is 0. The second-order valence-corrected chi connectivity index (χ2v) is 4.00. The molecule has 2 heterocycles. The molecular weight excluding hydrogens is 190 g/mol. The summed E-state index contributed by atoms with van der Waals surface area (Å²) in [5.41, 5.74) is 1.09. The zero-order chi connectivity index (χ0) is 10.7. The van der Waals surface area contributed by atoms with Gasteiger partial charge in [-0.25, -0.2) is 9.97 Å². The molecule has 0 aliphatic carbocycles. The van der Waals surface area contributed by atoms with Crippen molar-refractivity contribution in [2.24, 2.45) is 0 Å². The van der Waals surface area contributed by atoms with E-state index in [2.05, 4.69) is 14.9 Å². The van der Waals surface area contributed by atoms with Crippen molar-refractivity contribution >= 4 is 5.82 Å². The molecule has 1 aliphatic rings. The van der Waals surface area contributed by atoms with Gasteiger partial charge >= 0.3 is 0 Å². The fraction of sp³-hybridized carbons (Fsp3) is 0.636. The number of piperidine rings is 1. The highest BCUT2D eigenvalue weighted by molar-refractivity contribution is 5.45. The molecule has 0 unspecified atom stereocenters. The van der Waals surface area contributed by atoms with E-state index in [1.54, 1.807) is 6.20 Å². The van der Waals surface area contributed by atoms with Crippen LogP contribution >= 0.6 is 0 Å². The minimum Gasteiger partial charge on any atom is -0.388 e. The summed E-state index contributed by atoms with van der Waals surface area (Å²) in [5.74, 6) is 1.51. The predicted molar refractivity (Wildman–Crippen MR) is 58.8 cm³/mol. The Hall–Kier alpha value is -1.16. The van der Waals surface area contributed by atoms with Crippen LogP contribution in [0.3, 0.4) is 0 Å². The average Bonchev–Trinajstić information content (AvgIpc) is 2.31. The predicted octanol–water partition coefficient (Wildman–Crippen LogP) is 1.27. The first-order valence-corrected chi connectivity index (χ1v) is 5.49. The first kappa shape index (κ1) is 10.4. The molecule has 15 heavy (non-hydrogen) atoms. The largest absolute Gasteiger partial charge is 0.388 e. The molecule has 0 amide bonds. The van der Waals surface area contributed by atoms with E-state index < -0.39 is 0 Å². The van der Waals surface area contributed by atoms with E-state index in [0.717, 1.165) is 24.5 Å². The van der Waals surface area contributed by atoms with E-state index in [1.165, 1.54) is 19.3 Å². The van der Waals surface area contributed by atoms with Crippen molar-refractivity contribution in [2.75, 3.05) is 18.0 Å². The van der Waals surface area contributed by atoms with Gasteiger partial charge in [0.25, 0.3) is 0 Å². The fourth-order valence-electron chi connectivity index (χ4n) is 1.97. The minimum atomic E-state index is -0.0822. The van der Waals surface area contributed by atoms with Gasteiger partial charge < -0.3 is 10.0 Å². The summed E-state index contributed by atoms with van der Waals surface area (Å²) in [6, 6.07) is 0. The lowest BCUT2D eigenvalue weighted by Crippen LogP contribution is -2.31. The monoisotopic (exact) mass is 207 g/mol. The molecule has 0 aromatic carbocycles. The number of aromatic nitrogens is 2. The van der Waals surface area contributed by atoms with Crippen molar-refractivity contribution in [1.82, 2.24) is 9.97 Å². The van der Waals surface area contributed by atoms with Crippen molar-refractivity contribution < 1.29 is 5.11 Å². The third kappa shape index (κ3) is 2.26. The Kier molecular flexibility index (Phi) is 3.16. The Morgan fingerprint density at radius 1 is 1.33 bits per heavy atom. The van der Waals surface area contributed by atoms with E-state index in [1.807, 2.05) is 6.92 Å². The minimum absolute atomic E-state index is 0.0822. The van der Waals surface area contributed by atoms with Crippen molar-refractivity contribution in [2.45, 2.75) is 32.8 Å². The lowest BCUT2D eigenvalue weighted by Gasteiger charge is -2.28. The molecule has 4 nitrogen and oxygen atoms in total.